The minimum Gasteiger partial charge on any atom is -0.367 e. The summed E-state index contributed by atoms with van der Waals surface area (Å²) in [5, 5.41) is 0. The first-order valence-corrected chi connectivity index (χ1v) is 4.71. The summed E-state index contributed by atoms with van der Waals surface area (Å²) in [5.41, 5.74) is 5.01. The maximum absolute atomic E-state index is 11.4. The van der Waals surface area contributed by atoms with Crippen LogP contribution in [0.1, 0.15) is 12.5 Å². The molecule has 0 spiro atoms. The topological polar surface area (TPSA) is 52.3 Å². The molecule has 3 heteroatoms. The van der Waals surface area contributed by atoms with E-state index < -0.39 is 11.5 Å². The number of benzene rings is 1. The number of amides is 1. The molecular formula is C12H15NO2. The molecule has 1 aromatic carbocycles. The van der Waals surface area contributed by atoms with Crippen molar-refractivity contribution in [1.29, 1.82) is 0 Å². The normalized spacial score (nSPS) is 14.2. The molecule has 1 atom stereocenters. The highest BCUT2D eigenvalue weighted by Crippen LogP contribution is 2.24. The van der Waals surface area contributed by atoms with Gasteiger partial charge < -0.3 is 10.5 Å². The maximum Gasteiger partial charge on any atom is 0.254 e. The van der Waals surface area contributed by atoms with Gasteiger partial charge in [-0.1, -0.05) is 36.4 Å². The highest BCUT2D eigenvalue weighted by atomic mass is 16.5. The lowest BCUT2D eigenvalue weighted by Crippen LogP contribution is -2.41. The molecule has 1 rings (SSSR count). The number of hydrogen-bond donors (Lipinski definition) is 1. The van der Waals surface area contributed by atoms with Crippen LogP contribution in [0.25, 0.3) is 0 Å². The molecule has 0 saturated heterocycles. The molecule has 3 nitrogen and oxygen atoms in total. The summed E-state index contributed by atoms with van der Waals surface area (Å²) in [6.45, 7) is 5.49. The van der Waals surface area contributed by atoms with Gasteiger partial charge in [-0.05, 0) is 12.5 Å². The van der Waals surface area contributed by atoms with Crippen molar-refractivity contribution in [3.05, 3.63) is 48.6 Å². The Morgan fingerprint density at radius 2 is 2.13 bits per heavy atom. The summed E-state index contributed by atoms with van der Waals surface area (Å²) in [6, 6.07) is 9.18. The van der Waals surface area contributed by atoms with Crippen molar-refractivity contribution in [2.45, 2.75) is 12.5 Å². The molecule has 15 heavy (non-hydrogen) atoms. The Labute approximate surface area is 89.5 Å². The molecule has 0 radical (unpaired) electrons. The second-order valence-electron chi connectivity index (χ2n) is 3.36. The molecule has 1 aromatic rings. The molecule has 2 N–H and O–H groups in total. The number of primary amides is 1. The van der Waals surface area contributed by atoms with Crippen molar-refractivity contribution in [2.24, 2.45) is 5.73 Å². The van der Waals surface area contributed by atoms with E-state index in [0.29, 0.717) is 0 Å². The molecular weight excluding hydrogens is 190 g/mol. The van der Waals surface area contributed by atoms with Gasteiger partial charge in [0.15, 0.2) is 5.60 Å². The van der Waals surface area contributed by atoms with E-state index in [9.17, 15) is 4.79 Å². The zero-order valence-electron chi connectivity index (χ0n) is 8.77. The van der Waals surface area contributed by atoms with Crippen molar-refractivity contribution in [1.82, 2.24) is 0 Å². The van der Waals surface area contributed by atoms with Crippen LogP contribution in [0.15, 0.2) is 43.0 Å². The minimum absolute atomic E-state index is 0.286. The van der Waals surface area contributed by atoms with Crippen molar-refractivity contribution in [3.63, 3.8) is 0 Å². The molecule has 0 heterocycles. The highest BCUT2D eigenvalue weighted by molar-refractivity contribution is 5.84. The lowest BCUT2D eigenvalue weighted by atomic mass is 9.95. The van der Waals surface area contributed by atoms with E-state index in [-0.39, 0.29) is 6.61 Å². The first kappa shape index (κ1) is 11.5. The van der Waals surface area contributed by atoms with Crippen LogP contribution in [-0.2, 0) is 15.1 Å². The van der Waals surface area contributed by atoms with Crippen molar-refractivity contribution < 1.29 is 9.53 Å². The number of carbonyl (C=O) groups excluding carboxylic acids is 1. The van der Waals surface area contributed by atoms with Crippen molar-refractivity contribution in [3.8, 4) is 0 Å². The van der Waals surface area contributed by atoms with Gasteiger partial charge in [0.05, 0.1) is 6.61 Å². The third-order valence-electron chi connectivity index (χ3n) is 2.28. The van der Waals surface area contributed by atoms with Gasteiger partial charge in [-0.15, -0.1) is 6.58 Å². The Hall–Kier alpha value is -1.61. The summed E-state index contributed by atoms with van der Waals surface area (Å²) in [6.07, 6.45) is 1.59. The number of ether oxygens (including phenoxy) is 1. The first-order chi connectivity index (χ1) is 7.11. The summed E-state index contributed by atoms with van der Waals surface area (Å²) >= 11 is 0. The molecule has 1 unspecified atom stereocenters. The summed E-state index contributed by atoms with van der Waals surface area (Å²) in [4.78, 5) is 11.4. The molecule has 0 fully saturated rings. The van der Waals surface area contributed by atoms with Crippen LogP contribution in [0.5, 0.6) is 0 Å². The average molecular weight is 205 g/mol. The van der Waals surface area contributed by atoms with E-state index in [1.807, 2.05) is 30.3 Å². The minimum atomic E-state index is -1.09. The number of hydrogen-bond acceptors (Lipinski definition) is 2. The standard InChI is InChI=1S/C12H15NO2/c1-3-9-15-12(2,11(13)14)10-7-5-4-6-8-10/h3-8H,1,9H2,2H3,(H2,13,14). The quantitative estimate of drug-likeness (QED) is 0.742. The Morgan fingerprint density at radius 3 is 2.60 bits per heavy atom. The smallest absolute Gasteiger partial charge is 0.254 e. The Morgan fingerprint density at radius 1 is 1.53 bits per heavy atom. The van der Waals surface area contributed by atoms with Crippen LogP contribution in [0.4, 0.5) is 0 Å². The van der Waals surface area contributed by atoms with Crippen LogP contribution in [0, 0.1) is 0 Å². The Balaban J connectivity index is 3.01. The number of nitrogens with two attached hydrogens (primary N) is 1. The first-order valence-electron chi connectivity index (χ1n) is 4.71. The van der Waals surface area contributed by atoms with Gasteiger partial charge in [0, 0.05) is 0 Å². The number of rotatable bonds is 5. The van der Waals surface area contributed by atoms with Crippen LogP contribution in [0.2, 0.25) is 0 Å². The van der Waals surface area contributed by atoms with Gasteiger partial charge in [-0.3, -0.25) is 4.79 Å². The Bertz CT molecular complexity index is 348. The van der Waals surface area contributed by atoms with Crippen LogP contribution in [-0.4, -0.2) is 12.5 Å². The molecule has 0 saturated carbocycles. The Kier molecular flexibility index (Phi) is 3.63. The third-order valence-corrected chi connectivity index (χ3v) is 2.28. The summed E-state index contributed by atoms with van der Waals surface area (Å²) < 4.78 is 5.43. The van der Waals surface area contributed by atoms with E-state index in [4.69, 9.17) is 10.5 Å². The van der Waals surface area contributed by atoms with Gasteiger partial charge in [-0.2, -0.15) is 0 Å². The number of carbonyl (C=O) groups is 1. The molecule has 0 bridgehead atoms. The van der Waals surface area contributed by atoms with Gasteiger partial charge in [-0.25, -0.2) is 0 Å². The highest BCUT2D eigenvalue weighted by Gasteiger charge is 2.33. The molecule has 0 aliphatic heterocycles. The van der Waals surface area contributed by atoms with Gasteiger partial charge in [0.2, 0.25) is 0 Å². The lowest BCUT2D eigenvalue weighted by molar-refractivity contribution is -0.141. The fraction of sp³-hybridized carbons (Fsp3) is 0.250. The van der Waals surface area contributed by atoms with E-state index in [1.165, 1.54) is 0 Å². The maximum atomic E-state index is 11.4. The summed E-state index contributed by atoms with van der Waals surface area (Å²) in [7, 11) is 0. The third kappa shape index (κ3) is 2.44. The van der Waals surface area contributed by atoms with Crippen LogP contribution < -0.4 is 5.73 Å². The molecule has 1 amide bonds. The zero-order chi connectivity index (χ0) is 11.3. The van der Waals surface area contributed by atoms with E-state index in [2.05, 4.69) is 6.58 Å². The molecule has 80 valence electrons. The summed E-state index contributed by atoms with van der Waals surface area (Å²) in [5.74, 6) is -0.504. The van der Waals surface area contributed by atoms with E-state index in [1.54, 1.807) is 13.0 Å². The second-order valence-corrected chi connectivity index (χ2v) is 3.36. The average Bonchev–Trinajstić information content (AvgIpc) is 2.27. The lowest BCUT2D eigenvalue weighted by Gasteiger charge is -2.26. The van der Waals surface area contributed by atoms with Crippen LogP contribution >= 0.6 is 0 Å². The van der Waals surface area contributed by atoms with Crippen molar-refractivity contribution in [2.75, 3.05) is 6.61 Å². The van der Waals surface area contributed by atoms with Gasteiger partial charge in [0.25, 0.3) is 5.91 Å². The van der Waals surface area contributed by atoms with E-state index in [0.717, 1.165) is 5.56 Å². The molecule has 0 aliphatic carbocycles. The monoisotopic (exact) mass is 205 g/mol. The largest absolute Gasteiger partial charge is 0.367 e. The fourth-order valence-corrected chi connectivity index (χ4v) is 1.28. The zero-order valence-corrected chi connectivity index (χ0v) is 8.77. The van der Waals surface area contributed by atoms with Crippen LogP contribution in [0.3, 0.4) is 0 Å². The van der Waals surface area contributed by atoms with Gasteiger partial charge in [0.1, 0.15) is 0 Å². The molecule has 0 aliphatic rings. The fourth-order valence-electron chi connectivity index (χ4n) is 1.28. The van der Waals surface area contributed by atoms with Crippen molar-refractivity contribution >= 4 is 5.91 Å². The van der Waals surface area contributed by atoms with E-state index >= 15 is 0 Å². The second kappa shape index (κ2) is 4.75. The van der Waals surface area contributed by atoms with Gasteiger partial charge >= 0.3 is 0 Å². The predicted molar refractivity (Wildman–Crippen MR) is 59.1 cm³/mol. The molecule has 0 aromatic heterocycles. The predicted octanol–water partition coefficient (Wildman–Crippen LogP) is 1.59. The SMILES string of the molecule is C=CCOC(C)(C(N)=O)c1ccccc1.